The third-order valence-corrected chi connectivity index (χ3v) is 6.14. The van der Waals surface area contributed by atoms with Crippen LogP contribution in [0.5, 0.6) is 5.75 Å². The number of methoxy groups -OCH3 is 1. The summed E-state index contributed by atoms with van der Waals surface area (Å²) < 4.78 is 38.3. The topological polar surface area (TPSA) is 67.9 Å². The molecule has 1 heterocycles. The molecular formula is C21H28N2O4S. The lowest BCUT2D eigenvalue weighted by atomic mass is 10.1. The Bertz CT molecular complexity index is 842. The maximum atomic E-state index is 12.3. The van der Waals surface area contributed by atoms with Gasteiger partial charge in [0.2, 0.25) is 10.0 Å². The van der Waals surface area contributed by atoms with Crippen molar-refractivity contribution in [1.82, 2.24) is 9.62 Å². The molecule has 1 N–H and O–H groups in total. The second-order valence-corrected chi connectivity index (χ2v) is 8.74. The van der Waals surface area contributed by atoms with Gasteiger partial charge in [0.25, 0.3) is 0 Å². The van der Waals surface area contributed by atoms with E-state index in [4.69, 9.17) is 9.47 Å². The Kier molecular flexibility index (Phi) is 7.44. The Morgan fingerprint density at radius 3 is 2.79 bits per heavy atom. The lowest BCUT2D eigenvalue weighted by molar-refractivity contribution is -0.0300. The second-order valence-electron chi connectivity index (χ2n) is 6.93. The molecule has 0 bridgehead atoms. The third-order valence-electron chi connectivity index (χ3n) is 4.79. The summed E-state index contributed by atoms with van der Waals surface area (Å²) in [7, 11) is -1.80. The largest absolute Gasteiger partial charge is 0.497 e. The van der Waals surface area contributed by atoms with Crippen LogP contribution < -0.4 is 9.46 Å². The van der Waals surface area contributed by atoms with E-state index in [0.717, 1.165) is 26.1 Å². The Labute approximate surface area is 167 Å². The maximum absolute atomic E-state index is 12.3. The standard InChI is InChI=1S/C21H28N2O4S/c1-26-20-10-5-7-18(15-20)17-28(24,25)22-11-6-12-23-13-14-27-21(16-23)19-8-3-2-4-9-19/h2-5,7-10,15,21-22H,6,11-14,16-17H2,1H3. The van der Waals surface area contributed by atoms with Crippen LogP contribution in [0.15, 0.2) is 54.6 Å². The van der Waals surface area contributed by atoms with Crippen molar-refractivity contribution in [1.29, 1.82) is 0 Å². The molecule has 0 radical (unpaired) electrons. The molecule has 28 heavy (non-hydrogen) atoms. The molecule has 1 aliphatic heterocycles. The molecule has 2 aromatic carbocycles. The molecular weight excluding hydrogens is 376 g/mol. The molecule has 0 saturated carbocycles. The van der Waals surface area contributed by atoms with Gasteiger partial charge < -0.3 is 9.47 Å². The molecule has 0 amide bonds. The molecule has 0 aromatic heterocycles. The fourth-order valence-electron chi connectivity index (χ4n) is 3.34. The van der Waals surface area contributed by atoms with Crippen LogP contribution in [0, 0.1) is 0 Å². The highest BCUT2D eigenvalue weighted by Gasteiger charge is 2.21. The summed E-state index contributed by atoms with van der Waals surface area (Å²) in [5.41, 5.74) is 1.90. The molecule has 1 saturated heterocycles. The van der Waals surface area contributed by atoms with E-state index in [1.807, 2.05) is 18.2 Å². The number of rotatable bonds is 9. The zero-order valence-corrected chi connectivity index (χ0v) is 17.0. The van der Waals surface area contributed by atoms with Crippen molar-refractivity contribution in [2.75, 3.05) is 39.9 Å². The molecule has 6 nitrogen and oxygen atoms in total. The van der Waals surface area contributed by atoms with Crippen LogP contribution >= 0.6 is 0 Å². The summed E-state index contributed by atoms with van der Waals surface area (Å²) >= 11 is 0. The van der Waals surface area contributed by atoms with Crippen LogP contribution in [0.4, 0.5) is 0 Å². The smallest absolute Gasteiger partial charge is 0.215 e. The predicted molar refractivity (Wildman–Crippen MR) is 110 cm³/mol. The zero-order valence-electron chi connectivity index (χ0n) is 16.2. The minimum atomic E-state index is -3.37. The lowest BCUT2D eigenvalue weighted by Gasteiger charge is -2.33. The normalized spacial score (nSPS) is 18.1. The molecule has 3 rings (SSSR count). The van der Waals surface area contributed by atoms with Gasteiger partial charge in [-0.05, 0) is 36.2 Å². The van der Waals surface area contributed by atoms with E-state index in [2.05, 4.69) is 21.8 Å². The van der Waals surface area contributed by atoms with Gasteiger partial charge in [-0.25, -0.2) is 13.1 Å². The van der Waals surface area contributed by atoms with Crippen LogP contribution in [0.3, 0.4) is 0 Å². The summed E-state index contributed by atoms with van der Waals surface area (Å²) in [6.45, 7) is 3.68. The number of benzene rings is 2. The highest BCUT2D eigenvalue weighted by molar-refractivity contribution is 7.88. The van der Waals surface area contributed by atoms with Crippen molar-refractivity contribution in [3.63, 3.8) is 0 Å². The van der Waals surface area contributed by atoms with Gasteiger partial charge in [0, 0.05) is 19.6 Å². The number of nitrogens with one attached hydrogen (secondary N) is 1. The molecule has 2 aromatic rings. The number of hydrogen-bond acceptors (Lipinski definition) is 5. The van der Waals surface area contributed by atoms with Gasteiger partial charge >= 0.3 is 0 Å². The third kappa shape index (κ3) is 6.31. The van der Waals surface area contributed by atoms with E-state index >= 15 is 0 Å². The van der Waals surface area contributed by atoms with Gasteiger partial charge in [0.1, 0.15) is 5.75 Å². The van der Waals surface area contributed by atoms with Gasteiger partial charge in [0.05, 0.1) is 25.6 Å². The molecule has 7 heteroatoms. The Morgan fingerprint density at radius 2 is 2.00 bits per heavy atom. The Hall–Kier alpha value is -1.93. The van der Waals surface area contributed by atoms with Crippen molar-refractivity contribution < 1.29 is 17.9 Å². The molecule has 0 aliphatic carbocycles. The minimum absolute atomic E-state index is 0.0438. The van der Waals surface area contributed by atoms with E-state index in [1.165, 1.54) is 5.56 Å². The molecule has 1 atom stereocenters. The fourth-order valence-corrected chi connectivity index (χ4v) is 4.51. The molecule has 1 unspecified atom stereocenters. The highest BCUT2D eigenvalue weighted by Crippen LogP contribution is 2.21. The second kappa shape index (κ2) is 10.0. The number of morpholine rings is 1. The summed E-state index contributed by atoms with van der Waals surface area (Å²) in [6, 6.07) is 17.3. The van der Waals surface area contributed by atoms with Crippen molar-refractivity contribution in [2.24, 2.45) is 0 Å². The Balaban J connectivity index is 1.42. The predicted octanol–water partition coefficient (Wildman–Crippen LogP) is 2.58. The SMILES string of the molecule is COc1cccc(CS(=O)(=O)NCCCN2CCOC(c3ccccc3)C2)c1. The van der Waals surface area contributed by atoms with Gasteiger partial charge in [-0.3, -0.25) is 4.90 Å². The number of nitrogens with zero attached hydrogens (tertiary/aromatic N) is 1. The first-order chi connectivity index (χ1) is 13.6. The quantitative estimate of drug-likeness (QED) is 0.651. The Morgan fingerprint density at radius 1 is 1.18 bits per heavy atom. The number of hydrogen-bond donors (Lipinski definition) is 1. The van der Waals surface area contributed by atoms with Gasteiger partial charge in [0.15, 0.2) is 0 Å². The summed E-state index contributed by atoms with van der Waals surface area (Å²) in [5, 5.41) is 0. The summed E-state index contributed by atoms with van der Waals surface area (Å²) in [6.07, 6.45) is 0.846. The van der Waals surface area contributed by atoms with Crippen LogP contribution in [0.25, 0.3) is 0 Å². The minimum Gasteiger partial charge on any atom is -0.497 e. The first-order valence-electron chi connectivity index (χ1n) is 9.55. The molecule has 1 aliphatic rings. The maximum Gasteiger partial charge on any atom is 0.215 e. The van der Waals surface area contributed by atoms with Crippen LogP contribution in [0.2, 0.25) is 0 Å². The van der Waals surface area contributed by atoms with E-state index in [1.54, 1.807) is 31.4 Å². The summed E-state index contributed by atoms with van der Waals surface area (Å²) in [5.74, 6) is 0.616. The van der Waals surface area contributed by atoms with Crippen LogP contribution in [0.1, 0.15) is 23.7 Å². The first-order valence-corrected chi connectivity index (χ1v) is 11.2. The molecule has 1 fully saturated rings. The van der Waals surface area contributed by atoms with E-state index in [-0.39, 0.29) is 11.9 Å². The zero-order chi connectivity index (χ0) is 19.8. The monoisotopic (exact) mass is 404 g/mol. The molecule has 152 valence electrons. The van der Waals surface area contributed by atoms with Crippen molar-refractivity contribution in [3.05, 3.63) is 65.7 Å². The summed E-state index contributed by atoms with van der Waals surface area (Å²) in [4.78, 5) is 2.33. The van der Waals surface area contributed by atoms with E-state index in [9.17, 15) is 8.42 Å². The van der Waals surface area contributed by atoms with E-state index in [0.29, 0.717) is 24.5 Å². The van der Waals surface area contributed by atoms with Gasteiger partial charge in [-0.2, -0.15) is 0 Å². The average molecular weight is 405 g/mol. The van der Waals surface area contributed by atoms with Crippen LogP contribution in [-0.4, -0.2) is 53.2 Å². The first kappa shape index (κ1) is 20.8. The van der Waals surface area contributed by atoms with Gasteiger partial charge in [-0.1, -0.05) is 42.5 Å². The fraction of sp³-hybridized carbons (Fsp3) is 0.429. The van der Waals surface area contributed by atoms with Crippen molar-refractivity contribution in [2.45, 2.75) is 18.3 Å². The van der Waals surface area contributed by atoms with E-state index < -0.39 is 10.0 Å². The van der Waals surface area contributed by atoms with Crippen molar-refractivity contribution >= 4 is 10.0 Å². The van der Waals surface area contributed by atoms with Crippen LogP contribution in [-0.2, 0) is 20.5 Å². The lowest BCUT2D eigenvalue weighted by Crippen LogP contribution is -2.39. The van der Waals surface area contributed by atoms with Gasteiger partial charge in [-0.15, -0.1) is 0 Å². The van der Waals surface area contributed by atoms with Crippen molar-refractivity contribution in [3.8, 4) is 5.75 Å². The highest BCUT2D eigenvalue weighted by atomic mass is 32.2. The average Bonchev–Trinajstić information content (AvgIpc) is 2.72. The number of ether oxygens (including phenoxy) is 2. The number of sulfonamides is 1. The molecule has 0 spiro atoms.